The summed E-state index contributed by atoms with van der Waals surface area (Å²) in [6.07, 6.45) is 0. The molecule has 2 aromatic heterocycles. The normalized spacial score (nSPS) is 11.6. The van der Waals surface area contributed by atoms with Gasteiger partial charge in [0.1, 0.15) is 0 Å². The van der Waals surface area contributed by atoms with Crippen molar-refractivity contribution in [2.45, 2.75) is 0 Å². The van der Waals surface area contributed by atoms with Crippen LogP contribution in [0.3, 0.4) is 0 Å². The summed E-state index contributed by atoms with van der Waals surface area (Å²) < 4.78 is 4.92. The molecule has 2 nitrogen and oxygen atoms in total. The molecule has 50 heavy (non-hydrogen) atoms. The third kappa shape index (κ3) is 4.50. The van der Waals surface area contributed by atoms with E-state index in [-0.39, 0.29) is 0 Å². The Labute approximate surface area is 290 Å². The van der Waals surface area contributed by atoms with E-state index in [0.717, 1.165) is 11.4 Å². The quantitative estimate of drug-likeness (QED) is 0.178. The number of aromatic nitrogens is 2. The number of para-hydroxylation sites is 2. The number of rotatable bonds is 5. The molecule has 2 heterocycles. The summed E-state index contributed by atoms with van der Waals surface area (Å²) in [4.78, 5) is 0. The predicted octanol–water partition coefficient (Wildman–Crippen LogP) is 12.9. The summed E-state index contributed by atoms with van der Waals surface area (Å²) >= 11 is 0. The Morgan fingerprint density at radius 2 is 0.800 bits per heavy atom. The highest BCUT2D eigenvalue weighted by Crippen LogP contribution is 2.43. The zero-order chi connectivity index (χ0) is 33.0. The largest absolute Gasteiger partial charge is 0.309 e. The van der Waals surface area contributed by atoms with Crippen molar-refractivity contribution in [3.8, 4) is 44.8 Å². The Kier molecular flexibility index (Phi) is 6.53. The third-order valence-electron chi connectivity index (χ3n) is 10.1. The van der Waals surface area contributed by atoms with E-state index in [1.807, 2.05) is 0 Å². The summed E-state index contributed by atoms with van der Waals surface area (Å²) in [5.41, 5.74) is 14.4. The number of benzene rings is 8. The van der Waals surface area contributed by atoms with E-state index in [0.29, 0.717) is 0 Å². The maximum absolute atomic E-state index is 2.48. The molecule has 0 unspecified atom stereocenters. The SMILES string of the molecule is c1ccc(-c2cccc(-c3cccc(-n4c5ccccc5c5ccc6c(c7ccc(-c8ccccc8)cc7n6-c6ccccc6)c54)c3)c2)cc1. The van der Waals surface area contributed by atoms with Gasteiger partial charge in [0, 0.05) is 32.9 Å². The highest BCUT2D eigenvalue weighted by Gasteiger charge is 2.21. The Hall–Kier alpha value is -6.64. The second-order valence-corrected chi connectivity index (χ2v) is 13.0. The van der Waals surface area contributed by atoms with Crippen LogP contribution in [0.15, 0.2) is 194 Å². The first-order chi connectivity index (χ1) is 24.8. The first-order valence-corrected chi connectivity index (χ1v) is 17.2. The van der Waals surface area contributed by atoms with E-state index in [1.165, 1.54) is 77.0 Å². The second kappa shape index (κ2) is 11.5. The first kappa shape index (κ1) is 28.4. The average Bonchev–Trinajstić information content (AvgIpc) is 3.71. The van der Waals surface area contributed by atoms with Gasteiger partial charge in [0.15, 0.2) is 0 Å². The molecule has 0 spiro atoms. The summed E-state index contributed by atoms with van der Waals surface area (Å²) in [6.45, 7) is 0. The second-order valence-electron chi connectivity index (χ2n) is 13.0. The van der Waals surface area contributed by atoms with Gasteiger partial charge in [0.25, 0.3) is 0 Å². The smallest absolute Gasteiger partial charge is 0.0641 e. The van der Waals surface area contributed by atoms with Crippen molar-refractivity contribution in [3.63, 3.8) is 0 Å². The predicted molar refractivity (Wildman–Crippen MR) is 211 cm³/mol. The van der Waals surface area contributed by atoms with Gasteiger partial charge in [-0.1, -0.05) is 146 Å². The van der Waals surface area contributed by atoms with Gasteiger partial charge in [-0.3, -0.25) is 0 Å². The van der Waals surface area contributed by atoms with Crippen LogP contribution in [-0.4, -0.2) is 9.13 Å². The maximum atomic E-state index is 2.48. The lowest BCUT2D eigenvalue weighted by Crippen LogP contribution is -1.96. The molecular weight excluding hydrogens is 605 g/mol. The number of hydrogen-bond donors (Lipinski definition) is 0. The minimum absolute atomic E-state index is 1.15. The summed E-state index contributed by atoms with van der Waals surface area (Å²) in [7, 11) is 0. The van der Waals surface area contributed by atoms with E-state index in [2.05, 4.69) is 203 Å². The van der Waals surface area contributed by atoms with Crippen LogP contribution in [0.4, 0.5) is 0 Å². The molecule has 234 valence electrons. The molecule has 0 atom stereocenters. The molecular formula is C48H32N2. The van der Waals surface area contributed by atoms with Crippen molar-refractivity contribution < 1.29 is 0 Å². The average molecular weight is 637 g/mol. The molecule has 0 amide bonds. The minimum Gasteiger partial charge on any atom is -0.309 e. The molecule has 0 radical (unpaired) electrons. The lowest BCUT2D eigenvalue weighted by molar-refractivity contribution is 1.17. The fourth-order valence-electron chi connectivity index (χ4n) is 7.82. The third-order valence-corrected chi connectivity index (χ3v) is 10.1. The Morgan fingerprint density at radius 3 is 1.54 bits per heavy atom. The summed E-state index contributed by atoms with van der Waals surface area (Å²) in [6, 6.07) is 70.4. The maximum Gasteiger partial charge on any atom is 0.0641 e. The van der Waals surface area contributed by atoms with Crippen LogP contribution >= 0.6 is 0 Å². The Balaban J connectivity index is 1.27. The molecule has 10 aromatic rings. The van der Waals surface area contributed by atoms with Gasteiger partial charge in [0.05, 0.1) is 22.1 Å². The topological polar surface area (TPSA) is 9.86 Å². The van der Waals surface area contributed by atoms with Crippen LogP contribution in [0.2, 0.25) is 0 Å². The van der Waals surface area contributed by atoms with Gasteiger partial charge < -0.3 is 9.13 Å². The lowest BCUT2D eigenvalue weighted by atomic mass is 9.99. The van der Waals surface area contributed by atoms with E-state index in [9.17, 15) is 0 Å². The lowest BCUT2D eigenvalue weighted by Gasteiger charge is -2.12. The molecule has 2 heteroatoms. The van der Waals surface area contributed by atoms with E-state index in [1.54, 1.807) is 0 Å². The highest BCUT2D eigenvalue weighted by molar-refractivity contribution is 6.26. The molecule has 8 aromatic carbocycles. The Bertz CT molecular complexity index is 2840. The summed E-state index contributed by atoms with van der Waals surface area (Å²) in [5, 5.41) is 5.00. The molecule has 0 fully saturated rings. The molecule has 0 aliphatic rings. The molecule has 0 N–H and O–H groups in total. The standard InChI is InChI=1S/C48H32N2/c1-4-14-33(15-5-1)35-18-12-19-36(30-35)37-20-13-23-40(31-37)50-44-25-11-10-24-41(44)42-28-29-45-47(48(42)50)43-27-26-38(34-16-6-2-7-17-34)32-46(43)49(45)39-21-8-3-9-22-39/h1-32H. The van der Waals surface area contributed by atoms with Crippen molar-refractivity contribution >= 4 is 43.6 Å². The van der Waals surface area contributed by atoms with Crippen molar-refractivity contribution in [3.05, 3.63) is 194 Å². The monoisotopic (exact) mass is 636 g/mol. The van der Waals surface area contributed by atoms with E-state index >= 15 is 0 Å². The fourth-order valence-corrected chi connectivity index (χ4v) is 7.82. The molecule has 0 saturated carbocycles. The van der Waals surface area contributed by atoms with Crippen LogP contribution in [0.1, 0.15) is 0 Å². The van der Waals surface area contributed by atoms with Crippen LogP contribution in [0, 0.1) is 0 Å². The van der Waals surface area contributed by atoms with Gasteiger partial charge in [-0.05, 0) is 81.9 Å². The number of fused-ring (bicyclic) bond motifs is 7. The van der Waals surface area contributed by atoms with Crippen molar-refractivity contribution in [1.29, 1.82) is 0 Å². The van der Waals surface area contributed by atoms with Crippen molar-refractivity contribution in [1.82, 2.24) is 9.13 Å². The molecule has 0 aliphatic heterocycles. The zero-order valence-corrected chi connectivity index (χ0v) is 27.4. The van der Waals surface area contributed by atoms with Crippen LogP contribution in [0.5, 0.6) is 0 Å². The van der Waals surface area contributed by atoms with Gasteiger partial charge >= 0.3 is 0 Å². The number of nitrogens with zero attached hydrogens (tertiary/aromatic N) is 2. The van der Waals surface area contributed by atoms with Gasteiger partial charge in [-0.25, -0.2) is 0 Å². The van der Waals surface area contributed by atoms with Crippen LogP contribution < -0.4 is 0 Å². The highest BCUT2D eigenvalue weighted by atomic mass is 15.0. The molecule has 0 bridgehead atoms. The van der Waals surface area contributed by atoms with Crippen LogP contribution in [0.25, 0.3) is 88.4 Å². The van der Waals surface area contributed by atoms with E-state index < -0.39 is 0 Å². The van der Waals surface area contributed by atoms with Gasteiger partial charge in [-0.15, -0.1) is 0 Å². The zero-order valence-electron chi connectivity index (χ0n) is 27.4. The molecule has 0 aliphatic carbocycles. The van der Waals surface area contributed by atoms with Gasteiger partial charge in [-0.2, -0.15) is 0 Å². The van der Waals surface area contributed by atoms with Crippen molar-refractivity contribution in [2.24, 2.45) is 0 Å². The van der Waals surface area contributed by atoms with Crippen molar-refractivity contribution in [2.75, 3.05) is 0 Å². The molecule has 0 saturated heterocycles. The summed E-state index contributed by atoms with van der Waals surface area (Å²) in [5.74, 6) is 0. The fraction of sp³-hybridized carbons (Fsp3) is 0. The minimum atomic E-state index is 1.15. The van der Waals surface area contributed by atoms with Gasteiger partial charge in [0.2, 0.25) is 0 Å². The molecule has 10 rings (SSSR count). The van der Waals surface area contributed by atoms with E-state index in [4.69, 9.17) is 0 Å². The Morgan fingerprint density at radius 1 is 0.260 bits per heavy atom. The first-order valence-electron chi connectivity index (χ1n) is 17.2. The van der Waals surface area contributed by atoms with Crippen LogP contribution in [-0.2, 0) is 0 Å². The number of hydrogen-bond acceptors (Lipinski definition) is 0.